The Balaban J connectivity index is 2.27. The average Bonchev–Trinajstić information content (AvgIpc) is 2.54. The minimum atomic E-state index is -4.55. The van der Waals surface area contributed by atoms with E-state index in [9.17, 15) is 18.0 Å². The summed E-state index contributed by atoms with van der Waals surface area (Å²) in [5.74, 6) is -0.339. The monoisotopic (exact) mass is 338 g/mol. The Bertz CT molecular complexity index is 689. The lowest BCUT2D eigenvalue weighted by molar-refractivity contribution is -0.141. The molecule has 0 saturated heterocycles. The van der Waals surface area contributed by atoms with Gasteiger partial charge in [0.15, 0.2) is 0 Å². The molecule has 5 nitrogen and oxygen atoms in total. The van der Waals surface area contributed by atoms with E-state index in [1.807, 2.05) is 6.07 Å². The summed E-state index contributed by atoms with van der Waals surface area (Å²) in [5, 5.41) is 2.82. The normalized spacial score (nSPS) is 12.5. The number of carbonyl (C=O) groups excluding carboxylic acids is 1. The van der Waals surface area contributed by atoms with Crippen molar-refractivity contribution in [3.63, 3.8) is 0 Å². The topological polar surface area (TPSA) is 58.1 Å². The van der Waals surface area contributed by atoms with Gasteiger partial charge in [-0.2, -0.15) is 13.2 Å². The second kappa shape index (κ2) is 7.29. The number of benzene rings is 1. The first-order valence-electron chi connectivity index (χ1n) is 7.19. The fraction of sp³-hybridized carbons (Fsp3) is 0.312. The van der Waals surface area contributed by atoms with Crippen LogP contribution in [-0.4, -0.2) is 34.9 Å². The van der Waals surface area contributed by atoms with Crippen molar-refractivity contribution in [3.8, 4) is 0 Å². The quantitative estimate of drug-likeness (QED) is 0.910. The fourth-order valence-electron chi connectivity index (χ4n) is 2.04. The van der Waals surface area contributed by atoms with Gasteiger partial charge in [0, 0.05) is 20.3 Å². The molecule has 1 amide bonds. The Kier molecular flexibility index (Phi) is 5.38. The highest BCUT2D eigenvalue weighted by atomic mass is 19.4. The number of nitrogens with zero attached hydrogens (tertiary/aromatic N) is 3. The maximum Gasteiger partial charge on any atom is 0.433 e. The highest BCUT2D eigenvalue weighted by molar-refractivity contribution is 5.76. The van der Waals surface area contributed by atoms with Crippen molar-refractivity contribution in [2.45, 2.75) is 18.6 Å². The van der Waals surface area contributed by atoms with Gasteiger partial charge in [-0.3, -0.25) is 4.79 Å². The van der Waals surface area contributed by atoms with Crippen LogP contribution in [0.5, 0.6) is 0 Å². The number of amides is 1. The van der Waals surface area contributed by atoms with Gasteiger partial charge in [-0.1, -0.05) is 30.3 Å². The standard InChI is InChI=1S/C16H17F3N4O/c1-23(2)14(24)10-12(11-6-4-3-5-7-11)21-15-20-9-8-13(22-15)16(17,18)19/h3-9,12H,10H2,1-2H3,(H,20,21,22)/t12-/m1/s1. The molecule has 2 rings (SSSR count). The lowest BCUT2D eigenvalue weighted by Crippen LogP contribution is -2.26. The SMILES string of the molecule is CN(C)C(=O)C[C@@H](Nc1nccc(C(F)(F)F)n1)c1ccccc1. The van der Waals surface area contributed by atoms with Gasteiger partial charge in [-0.25, -0.2) is 9.97 Å². The second-order valence-corrected chi connectivity index (χ2v) is 5.36. The summed E-state index contributed by atoms with van der Waals surface area (Å²) < 4.78 is 38.3. The van der Waals surface area contributed by atoms with E-state index in [4.69, 9.17) is 0 Å². The molecule has 1 N–H and O–H groups in total. The summed E-state index contributed by atoms with van der Waals surface area (Å²) in [7, 11) is 3.23. The molecule has 0 spiro atoms. The highest BCUT2D eigenvalue weighted by Crippen LogP contribution is 2.28. The zero-order valence-electron chi connectivity index (χ0n) is 13.2. The van der Waals surface area contributed by atoms with Crippen molar-refractivity contribution >= 4 is 11.9 Å². The molecule has 1 heterocycles. The van der Waals surface area contributed by atoms with Crippen LogP contribution in [0, 0.1) is 0 Å². The van der Waals surface area contributed by atoms with Gasteiger partial charge in [0.1, 0.15) is 5.69 Å². The molecule has 128 valence electrons. The van der Waals surface area contributed by atoms with Crippen molar-refractivity contribution in [1.29, 1.82) is 0 Å². The third kappa shape index (κ3) is 4.68. The van der Waals surface area contributed by atoms with Crippen LogP contribution < -0.4 is 5.32 Å². The molecule has 1 atom stereocenters. The van der Waals surface area contributed by atoms with Crippen molar-refractivity contribution in [3.05, 3.63) is 53.9 Å². The van der Waals surface area contributed by atoms with Gasteiger partial charge in [0.2, 0.25) is 11.9 Å². The van der Waals surface area contributed by atoms with E-state index in [2.05, 4.69) is 15.3 Å². The van der Waals surface area contributed by atoms with Gasteiger partial charge >= 0.3 is 6.18 Å². The molecule has 1 aromatic carbocycles. The Labute approximate surface area is 137 Å². The Morgan fingerprint density at radius 3 is 2.46 bits per heavy atom. The van der Waals surface area contributed by atoms with Gasteiger partial charge in [-0.15, -0.1) is 0 Å². The van der Waals surface area contributed by atoms with Crippen LogP contribution in [0.3, 0.4) is 0 Å². The van der Waals surface area contributed by atoms with Crippen LogP contribution in [0.1, 0.15) is 23.7 Å². The Morgan fingerprint density at radius 2 is 1.88 bits per heavy atom. The van der Waals surface area contributed by atoms with Crippen LogP contribution in [-0.2, 0) is 11.0 Å². The van der Waals surface area contributed by atoms with Gasteiger partial charge in [0.05, 0.1) is 12.5 Å². The molecule has 24 heavy (non-hydrogen) atoms. The average molecular weight is 338 g/mol. The summed E-state index contributed by atoms with van der Waals surface area (Å²) in [6.07, 6.45) is -3.45. The number of halogens is 3. The number of hydrogen-bond acceptors (Lipinski definition) is 4. The molecule has 8 heteroatoms. The van der Waals surface area contributed by atoms with E-state index >= 15 is 0 Å². The van der Waals surface area contributed by atoms with Gasteiger partial charge in [0.25, 0.3) is 0 Å². The molecule has 0 unspecified atom stereocenters. The molecule has 2 aromatic rings. The summed E-state index contributed by atoms with van der Waals surface area (Å²) in [6.45, 7) is 0. The number of anilines is 1. The summed E-state index contributed by atoms with van der Waals surface area (Å²) >= 11 is 0. The predicted molar refractivity (Wildman–Crippen MR) is 83.2 cm³/mol. The summed E-state index contributed by atoms with van der Waals surface area (Å²) in [5.41, 5.74) is -0.278. The van der Waals surface area contributed by atoms with E-state index in [0.717, 1.165) is 17.8 Å². The van der Waals surface area contributed by atoms with Crippen LogP contribution in [0.15, 0.2) is 42.6 Å². The Morgan fingerprint density at radius 1 is 1.21 bits per heavy atom. The summed E-state index contributed by atoms with van der Waals surface area (Å²) in [4.78, 5) is 20.7. The third-order valence-corrected chi connectivity index (χ3v) is 3.33. The van der Waals surface area contributed by atoms with Crippen LogP contribution in [0.4, 0.5) is 19.1 Å². The first-order chi connectivity index (χ1) is 11.3. The Hall–Kier alpha value is -2.64. The van der Waals surface area contributed by atoms with Crippen LogP contribution in [0.25, 0.3) is 0 Å². The number of nitrogens with one attached hydrogen (secondary N) is 1. The zero-order chi connectivity index (χ0) is 17.7. The second-order valence-electron chi connectivity index (χ2n) is 5.36. The molecule has 0 fully saturated rings. The molecule has 0 saturated carbocycles. The number of carbonyl (C=O) groups is 1. The molecular formula is C16H17F3N4O. The fourth-order valence-corrected chi connectivity index (χ4v) is 2.04. The predicted octanol–water partition coefficient (Wildman–Crippen LogP) is 3.13. The maximum absolute atomic E-state index is 12.8. The first-order valence-corrected chi connectivity index (χ1v) is 7.19. The van der Waals surface area contributed by atoms with Crippen molar-refractivity contribution in [1.82, 2.24) is 14.9 Å². The van der Waals surface area contributed by atoms with Crippen molar-refractivity contribution in [2.75, 3.05) is 19.4 Å². The molecule has 1 aromatic heterocycles. The number of hydrogen-bond donors (Lipinski definition) is 1. The minimum absolute atomic E-state index is 0.0661. The molecular weight excluding hydrogens is 321 g/mol. The number of rotatable bonds is 5. The van der Waals surface area contributed by atoms with Crippen LogP contribution >= 0.6 is 0 Å². The van der Waals surface area contributed by atoms with E-state index in [1.165, 1.54) is 4.90 Å². The van der Waals surface area contributed by atoms with E-state index in [1.54, 1.807) is 38.4 Å². The maximum atomic E-state index is 12.8. The first kappa shape index (κ1) is 17.7. The van der Waals surface area contributed by atoms with E-state index in [0.29, 0.717) is 0 Å². The molecule has 0 radical (unpaired) electrons. The smallest absolute Gasteiger partial charge is 0.349 e. The lowest BCUT2D eigenvalue weighted by atomic mass is 10.0. The van der Waals surface area contributed by atoms with Crippen molar-refractivity contribution < 1.29 is 18.0 Å². The van der Waals surface area contributed by atoms with Gasteiger partial charge < -0.3 is 10.2 Å². The van der Waals surface area contributed by atoms with Crippen LogP contribution in [0.2, 0.25) is 0 Å². The zero-order valence-corrected chi connectivity index (χ0v) is 13.2. The molecule has 0 aliphatic heterocycles. The highest BCUT2D eigenvalue weighted by Gasteiger charge is 2.33. The summed E-state index contributed by atoms with van der Waals surface area (Å²) in [6, 6.07) is 9.23. The van der Waals surface area contributed by atoms with E-state index < -0.39 is 17.9 Å². The minimum Gasteiger partial charge on any atom is -0.349 e. The lowest BCUT2D eigenvalue weighted by Gasteiger charge is -2.21. The molecule has 0 aliphatic carbocycles. The number of alkyl halides is 3. The van der Waals surface area contributed by atoms with Crippen molar-refractivity contribution in [2.24, 2.45) is 0 Å². The largest absolute Gasteiger partial charge is 0.433 e. The van der Waals surface area contributed by atoms with Gasteiger partial charge in [-0.05, 0) is 11.6 Å². The molecule has 0 aliphatic rings. The third-order valence-electron chi connectivity index (χ3n) is 3.33. The van der Waals surface area contributed by atoms with E-state index in [-0.39, 0.29) is 18.3 Å². The molecule has 0 bridgehead atoms. The number of aromatic nitrogens is 2.